The molecule has 1 aliphatic carbocycles. The van der Waals surface area contributed by atoms with Gasteiger partial charge in [0, 0.05) is 10.5 Å². The summed E-state index contributed by atoms with van der Waals surface area (Å²) in [7, 11) is 0. The van der Waals surface area contributed by atoms with E-state index in [1.54, 1.807) is 0 Å². The first-order chi connectivity index (χ1) is 8.25. The highest BCUT2D eigenvalue weighted by molar-refractivity contribution is 9.10. The minimum Gasteiger partial charge on any atom is -0.324 e. The van der Waals surface area contributed by atoms with Gasteiger partial charge in [0.2, 0.25) is 0 Å². The van der Waals surface area contributed by atoms with Crippen molar-refractivity contribution >= 4 is 15.9 Å². The van der Waals surface area contributed by atoms with Gasteiger partial charge in [0.1, 0.15) is 0 Å². The summed E-state index contributed by atoms with van der Waals surface area (Å²) in [6.45, 7) is 0. The van der Waals surface area contributed by atoms with Crippen LogP contribution >= 0.6 is 15.9 Å². The van der Waals surface area contributed by atoms with Gasteiger partial charge in [-0.2, -0.15) is 0 Å². The largest absolute Gasteiger partial charge is 0.324 e. The molecule has 0 amide bonds. The highest BCUT2D eigenvalue weighted by Crippen LogP contribution is 2.30. The third-order valence-corrected chi connectivity index (χ3v) is 4.38. The Morgan fingerprint density at radius 3 is 2.71 bits per heavy atom. The zero-order chi connectivity index (χ0) is 12.1. The minimum absolute atomic E-state index is 0.203. The van der Waals surface area contributed by atoms with Gasteiger partial charge in [-0.15, -0.1) is 0 Å². The maximum atomic E-state index is 6.26. The molecule has 1 aliphatic rings. The third-order valence-electron chi connectivity index (χ3n) is 3.89. The molecule has 0 radical (unpaired) electrons. The highest BCUT2D eigenvalue weighted by Gasteiger charge is 2.15. The summed E-state index contributed by atoms with van der Waals surface area (Å²) in [6, 6.07) is 8.61. The van der Waals surface area contributed by atoms with Gasteiger partial charge in [-0.3, -0.25) is 0 Å². The van der Waals surface area contributed by atoms with Crippen LogP contribution in [0.2, 0.25) is 0 Å². The quantitative estimate of drug-likeness (QED) is 0.847. The fourth-order valence-electron chi connectivity index (χ4n) is 2.79. The van der Waals surface area contributed by atoms with Crippen LogP contribution in [0.4, 0.5) is 0 Å². The van der Waals surface area contributed by atoms with Crippen LogP contribution in [0.15, 0.2) is 28.7 Å². The monoisotopic (exact) mass is 295 g/mol. The molecule has 0 bridgehead atoms. The van der Waals surface area contributed by atoms with Crippen LogP contribution in [0.3, 0.4) is 0 Å². The summed E-state index contributed by atoms with van der Waals surface area (Å²) in [5.74, 6) is 0.932. The molecule has 0 aliphatic heterocycles. The summed E-state index contributed by atoms with van der Waals surface area (Å²) in [5.41, 5.74) is 7.52. The van der Waals surface area contributed by atoms with E-state index >= 15 is 0 Å². The van der Waals surface area contributed by atoms with Gasteiger partial charge in [0.15, 0.2) is 0 Å². The second-order valence-electron chi connectivity index (χ2n) is 5.24. The SMILES string of the molecule is NC(CCC1CCCCC1)c1cccc(Br)c1. The number of benzene rings is 1. The topological polar surface area (TPSA) is 26.0 Å². The Hall–Kier alpha value is -0.340. The van der Waals surface area contributed by atoms with Crippen molar-refractivity contribution in [2.24, 2.45) is 11.7 Å². The van der Waals surface area contributed by atoms with E-state index in [0.29, 0.717) is 0 Å². The molecule has 2 heteroatoms. The van der Waals surface area contributed by atoms with Gasteiger partial charge >= 0.3 is 0 Å². The molecule has 1 nitrogen and oxygen atoms in total. The second-order valence-corrected chi connectivity index (χ2v) is 6.16. The van der Waals surface area contributed by atoms with Crippen LogP contribution in [-0.2, 0) is 0 Å². The van der Waals surface area contributed by atoms with Crippen LogP contribution in [0, 0.1) is 5.92 Å². The maximum Gasteiger partial charge on any atom is 0.0295 e. The van der Waals surface area contributed by atoms with Crippen molar-refractivity contribution in [1.82, 2.24) is 0 Å². The number of nitrogens with two attached hydrogens (primary N) is 1. The maximum absolute atomic E-state index is 6.26. The first-order valence-corrected chi connectivity index (χ1v) is 7.56. The summed E-state index contributed by atoms with van der Waals surface area (Å²) >= 11 is 3.50. The van der Waals surface area contributed by atoms with E-state index in [9.17, 15) is 0 Å². The fraction of sp³-hybridized carbons (Fsp3) is 0.600. The zero-order valence-electron chi connectivity index (χ0n) is 10.4. The highest BCUT2D eigenvalue weighted by atomic mass is 79.9. The van der Waals surface area contributed by atoms with E-state index in [1.165, 1.54) is 44.1 Å². The molecule has 0 aromatic heterocycles. The van der Waals surface area contributed by atoms with Gasteiger partial charge < -0.3 is 5.73 Å². The molecule has 0 heterocycles. The Morgan fingerprint density at radius 1 is 1.24 bits per heavy atom. The first kappa shape index (κ1) is 13.1. The molecule has 2 N–H and O–H groups in total. The van der Waals surface area contributed by atoms with E-state index in [-0.39, 0.29) is 6.04 Å². The van der Waals surface area contributed by atoms with Crippen molar-refractivity contribution in [2.75, 3.05) is 0 Å². The standard InChI is InChI=1S/C15H22BrN/c16-14-8-4-7-13(11-14)15(17)10-9-12-5-2-1-3-6-12/h4,7-8,11-12,15H,1-3,5-6,9-10,17H2. The molecule has 1 aromatic rings. The predicted octanol–water partition coefficient (Wildman–Crippen LogP) is 4.81. The summed E-state index contributed by atoms with van der Waals surface area (Å²) in [5, 5.41) is 0. The minimum atomic E-state index is 0.203. The van der Waals surface area contributed by atoms with Gasteiger partial charge in [-0.05, 0) is 36.5 Å². The van der Waals surface area contributed by atoms with Gasteiger partial charge in [0.25, 0.3) is 0 Å². The Balaban J connectivity index is 1.82. The molecular weight excluding hydrogens is 274 g/mol. The van der Waals surface area contributed by atoms with E-state index in [4.69, 9.17) is 5.73 Å². The average molecular weight is 296 g/mol. The van der Waals surface area contributed by atoms with Crippen LogP contribution < -0.4 is 5.73 Å². The van der Waals surface area contributed by atoms with Crippen molar-refractivity contribution in [1.29, 1.82) is 0 Å². The molecule has 1 atom stereocenters. The van der Waals surface area contributed by atoms with Gasteiger partial charge in [-0.25, -0.2) is 0 Å². The molecule has 1 fully saturated rings. The Morgan fingerprint density at radius 2 is 2.00 bits per heavy atom. The Labute approximate surface area is 113 Å². The molecular formula is C15H22BrN. The summed E-state index contributed by atoms with van der Waals surface area (Å²) in [4.78, 5) is 0. The molecule has 0 saturated heterocycles. The lowest BCUT2D eigenvalue weighted by molar-refractivity contribution is 0.324. The van der Waals surface area contributed by atoms with Crippen LogP contribution in [0.1, 0.15) is 56.6 Å². The van der Waals surface area contributed by atoms with Crippen molar-refractivity contribution in [3.63, 3.8) is 0 Å². The van der Waals surface area contributed by atoms with Crippen LogP contribution in [0.5, 0.6) is 0 Å². The van der Waals surface area contributed by atoms with Crippen LogP contribution in [0.25, 0.3) is 0 Å². The molecule has 1 saturated carbocycles. The Bertz CT molecular complexity index is 345. The van der Waals surface area contributed by atoms with Crippen LogP contribution in [-0.4, -0.2) is 0 Å². The average Bonchev–Trinajstić information content (AvgIpc) is 2.37. The first-order valence-electron chi connectivity index (χ1n) is 6.77. The molecule has 94 valence electrons. The van der Waals surface area contributed by atoms with Crippen molar-refractivity contribution in [3.05, 3.63) is 34.3 Å². The van der Waals surface area contributed by atoms with Crippen molar-refractivity contribution in [2.45, 2.75) is 51.0 Å². The van der Waals surface area contributed by atoms with E-state index in [0.717, 1.165) is 16.8 Å². The summed E-state index contributed by atoms with van der Waals surface area (Å²) in [6.07, 6.45) is 9.56. The fourth-order valence-corrected chi connectivity index (χ4v) is 3.21. The Kier molecular flexibility index (Phi) is 5.05. The van der Waals surface area contributed by atoms with E-state index < -0.39 is 0 Å². The lowest BCUT2D eigenvalue weighted by Crippen LogP contribution is -2.14. The second kappa shape index (κ2) is 6.55. The van der Waals surface area contributed by atoms with Gasteiger partial charge in [0.05, 0.1) is 0 Å². The molecule has 2 rings (SSSR count). The zero-order valence-corrected chi connectivity index (χ0v) is 12.0. The normalized spacial score (nSPS) is 19.2. The van der Waals surface area contributed by atoms with Crippen molar-refractivity contribution < 1.29 is 0 Å². The smallest absolute Gasteiger partial charge is 0.0295 e. The number of hydrogen-bond donors (Lipinski definition) is 1. The third kappa shape index (κ3) is 4.11. The van der Waals surface area contributed by atoms with Gasteiger partial charge in [-0.1, -0.05) is 60.2 Å². The molecule has 17 heavy (non-hydrogen) atoms. The van der Waals surface area contributed by atoms with E-state index in [1.807, 2.05) is 0 Å². The predicted molar refractivity (Wildman–Crippen MR) is 76.9 cm³/mol. The number of hydrogen-bond acceptors (Lipinski definition) is 1. The number of halogens is 1. The lowest BCUT2D eigenvalue weighted by atomic mass is 9.84. The van der Waals surface area contributed by atoms with Crippen molar-refractivity contribution in [3.8, 4) is 0 Å². The molecule has 0 spiro atoms. The molecule has 1 aromatic carbocycles. The molecule has 1 unspecified atom stereocenters. The lowest BCUT2D eigenvalue weighted by Gasteiger charge is -2.23. The number of rotatable bonds is 4. The van der Waals surface area contributed by atoms with E-state index in [2.05, 4.69) is 40.2 Å². The summed E-state index contributed by atoms with van der Waals surface area (Å²) < 4.78 is 1.13.